The van der Waals surface area contributed by atoms with E-state index in [0.717, 1.165) is 18.5 Å². The standard InChI is InChI=1S/C15H24ClN3O2/c1-4-5-8-19(9-10-20)15(21)17-12-6-7-14(18(2)3)13(16)11-12/h6-7,11,20H,4-5,8-10H2,1-3H3,(H,17,21). The minimum atomic E-state index is -0.217. The molecule has 0 atom stereocenters. The minimum absolute atomic E-state index is 0.0442. The Morgan fingerprint density at radius 1 is 1.33 bits per heavy atom. The number of benzene rings is 1. The molecule has 0 spiro atoms. The van der Waals surface area contributed by atoms with Crippen LogP contribution in [0.3, 0.4) is 0 Å². The summed E-state index contributed by atoms with van der Waals surface area (Å²) in [5.41, 5.74) is 1.54. The van der Waals surface area contributed by atoms with Crippen molar-refractivity contribution in [1.29, 1.82) is 0 Å². The fourth-order valence-corrected chi connectivity index (χ4v) is 2.28. The molecule has 2 N–H and O–H groups in total. The third-order valence-corrected chi connectivity index (χ3v) is 3.42. The van der Waals surface area contributed by atoms with Gasteiger partial charge in [-0.1, -0.05) is 24.9 Å². The Bertz CT molecular complexity index is 466. The summed E-state index contributed by atoms with van der Waals surface area (Å²) in [5, 5.41) is 12.4. The van der Waals surface area contributed by atoms with Gasteiger partial charge in [0.1, 0.15) is 0 Å². The third kappa shape index (κ3) is 5.44. The molecular formula is C15H24ClN3O2. The van der Waals surface area contributed by atoms with Gasteiger partial charge in [-0.05, 0) is 24.6 Å². The number of halogens is 1. The van der Waals surface area contributed by atoms with E-state index in [9.17, 15) is 4.79 Å². The summed E-state index contributed by atoms with van der Waals surface area (Å²) >= 11 is 6.19. The van der Waals surface area contributed by atoms with Crippen molar-refractivity contribution in [2.45, 2.75) is 19.8 Å². The van der Waals surface area contributed by atoms with Gasteiger partial charge >= 0.3 is 6.03 Å². The summed E-state index contributed by atoms with van der Waals surface area (Å²) in [4.78, 5) is 15.7. The molecule has 1 aromatic carbocycles. The summed E-state index contributed by atoms with van der Waals surface area (Å²) in [5.74, 6) is 0. The molecule has 0 aliphatic rings. The second kappa shape index (κ2) is 8.74. The van der Waals surface area contributed by atoms with Crippen LogP contribution in [0.4, 0.5) is 16.2 Å². The number of nitrogens with zero attached hydrogens (tertiary/aromatic N) is 2. The van der Waals surface area contributed by atoms with Crippen LogP contribution in [0.25, 0.3) is 0 Å². The lowest BCUT2D eigenvalue weighted by Gasteiger charge is -2.22. The zero-order valence-electron chi connectivity index (χ0n) is 12.9. The van der Waals surface area contributed by atoms with E-state index in [2.05, 4.69) is 12.2 Å². The van der Waals surface area contributed by atoms with E-state index in [1.54, 1.807) is 11.0 Å². The zero-order valence-corrected chi connectivity index (χ0v) is 13.7. The summed E-state index contributed by atoms with van der Waals surface area (Å²) in [6.07, 6.45) is 1.91. The SMILES string of the molecule is CCCCN(CCO)C(=O)Nc1ccc(N(C)C)c(Cl)c1. The van der Waals surface area contributed by atoms with Crippen LogP contribution in [0.5, 0.6) is 0 Å². The number of hydrogen-bond donors (Lipinski definition) is 2. The number of anilines is 2. The molecule has 118 valence electrons. The molecule has 2 amide bonds. The van der Waals surface area contributed by atoms with E-state index in [1.165, 1.54) is 0 Å². The van der Waals surface area contributed by atoms with Crippen molar-refractivity contribution in [2.24, 2.45) is 0 Å². The first kappa shape index (κ1) is 17.6. The maximum absolute atomic E-state index is 12.2. The minimum Gasteiger partial charge on any atom is -0.395 e. The highest BCUT2D eigenvalue weighted by Gasteiger charge is 2.13. The van der Waals surface area contributed by atoms with Crippen molar-refractivity contribution in [1.82, 2.24) is 4.90 Å². The molecule has 0 fully saturated rings. The van der Waals surface area contributed by atoms with Crippen LogP contribution in [-0.2, 0) is 0 Å². The lowest BCUT2D eigenvalue weighted by atomic mass is 10.2. The molecule has 6 heteroatoms. The Morgan fingerprint density at radius 2 is 2.05 bits per heavy atom. The number of aliphatic hydroxyl groups excluding tert-OH is 1. The molecule has 0 aromatic heterocycles. The maximum atomic E-state index is 12.2. The number of carbonyl (C=O) groups is 1. The molecule has 0 aliphatic carbocycles. The molecule has 21 heavy (non-hydrogen) atoms. The smallest absolute Gasteiger partial charge is 0.321 e. The molecule has 0 heterocycles. The summed E-state index contributed by atoms with van der Waals surface area (Å²) < 4.78 is 0. The Balaban J connectivity index is 2.74. The van der Waals surface area contributed by atoms with Crippen LogP contribution in [-0.4, -0.2) is 49.8 Å². The van der Waals surface area contributed by atoms with Crippen molar-refractivity contribution >= 4 is 29.0 Å². The van der Waals surface area contributed by atoms with Crippen LogP contribution in [0.2, 0.25) is 5.02 Å². The zero-order chi connectivity index (χ0) is 15.8. The molecule has 0 unspecified atom stereocenters. The van der Waals surface area contributed by atoms with Crippen LogP contribution in [0, 0.1) is 0 Å². The molecule has 0 saturated carbocycles. The molecule has 0 aliphatic heterocycles. The lowest BCUT2D eigenvalue weighted by Crippen LogP contribution is -2.37. The van der Waals surface area contributed by atoms with Gasteiger partial charge in [0.15, 0.2) is 0 Å². The van der Waals surface area contributed by atoms with Gasteiger partial charge in [0.2, 0.25) is 0 Å². The van der Waals surface area contributed by atoms with E-state index in [-0.39, 0.29) is 12.6 Å². The summed E-state index contributed by atoms with van der Waals surface area (Å²) in [6, 6.07) is 5.19. The Morgan fingerprint density at radius 3 is 2.57 bits per heavy atom. The van der Waals surface area contributed by atoms with Gasteiger partial charge in [-0.3, -0.25) is 0 Å². The summed E-state index contributed by atoms with van der Waals surface area (Å²) in [7, 11) is 3.82. The molecule has 0 saturated heterocycles. The van der Waals surface area contributed by atoms with Gasteiger partial charge in [0, 0.05) is 32.9 Å². The van der Waals surface area contributed by atoms with Gasteiger partial charge in [0.25, 0.3) is 0 Å². The van der Waals surface area contributed by atoms with Gasteiger partial charge in [-0.15, -0.1) is 0 Å². The maximum Gasteiger partial charge on any atom is 0.321 e. The number of rotatable bonds is 7. The quantitative estimate of drug-likeness (QED) is 0.813. The van der Waals surface area contributed by atoms with Crippen LogP contribution < -0.4 is 10.2 Å². The molecule has 0 bridgehead atoms. The first-order chi connectivity index (χ1) is 9.99. The lowest BCUT2D eigenvalue weighted by molar-refractivity contribution is 0.187. The fraction of sp³-hybridized carbons (Fsp3) is 0.533. The second-order valence-corrected chi connectivity index (χ2v) is 5.46. The monoisotopic (exact) mass is 313 g/mol. The number of carbonyl (C=O) groups excluding carboxylic acids is 1. The van der Waals surface area contributed by atoms with Crippen LogP contribution in [0.1, 0.15) is 19.8 Å². The normalized spacial score (nSPS) is 10.3. The Kier molecular flexibility index (Phi) is 7.32. The molecular weight excluding hydrogens is 290 g/mol. The van der Waals surface area contributed by atoms with E-state index >= 15 is 0 Å². The largest absolute Gasteiger partial charge is 0.395 e. The number of amides is 2. The van der Waals surface area contributed by atoms with Crippen LogP contribution >= 0.6 is 11.6 Å². The topological polar surface area (TPSA) is 55.8 Å². The Labute approximate surface area is 131 Å². The highest BCUT2D eigenvalue weighted by Crippen LogP contribution is 2.27. The highest BCUT2D eigenvalue weighted by atomic mass is 35.5. The van der Waals surface area contributed by atoms with E-state index < -0.39 is 0 Å². The molecule has 1 aromatic rings. The highest BCUT2D eigenvalue weighted by molar-refractivity contribution is 6.33. The number of aliphatic hydroxyl groups is 1. The second-order valence-electron chi connectivity index (χ2n) is 5.05. The number of unbranched alkanes of at least 4 members (excludes halogenated alkanes) is 1. The van der Waals surface area contributed by atoms with Gasteiger partial charge in [0.05, 0.1) is 17.3 Å². The van der Waals surface area contributed by atoms with Crippen molar-refractivity contribution in [3.8, 4) is 0 Å². The number of hydrogen-bond acceptors (Lipinski definition) is 3. The molecule has 5 nitrogen and oxygen atoms in total. The predicted molar refractivity (Wildman–Crippen MR) is 88.4 cm³/mol. The average Bonchev–Trinajstić information content (AvgIpc) is 2.43. The number of nitrogens with one attached hydrogen (secondary N) is 1. The van der Waals surface area contributed by atoms with Crippen molar-refractivity contribution in [3.05, 3.63) is 23.2 Å². The van der Waals surface area contributed by atoms with Crippen molar-refractivity contribution in [3.63, 3.8) is 0 Å². The van der Waals surface area contributed by atoms with E-state index in [0.29, 0.717) is 23.8 Å². The van der Waals surface area contributed by atoms with E-state index in [1.807, 2.05) is 31.1 Å². The fourth-order valence-electron chi connectivity index (χ4n) is 1.93. The van der Waals surface area contributed by atoms with Gasteiger partial charge < -0.3 is 20.2 Å². The molecule has 1 rings (SSSR count). The predicted octanol–water partition coefficient (Wildman–Crippen LogP) is 3.03. The van der Waals surface area contributed by atoms with Gasteiger partial charge in [-0.2, -0.15) is 0 Å². The number of urea groups is 1. The van der Waals surface area contributed by atoms with Crippen molar-refractivity contribution in [2.75, 3.05) is 44.0 Å². The average molecular weight is 314 g/mol. The van der Waals surface area contributed by atoms with Crippen LogP contribution in [0.15, 0.2) is 18.2 Å². The first-order valence-electron chi connectivity index (χ1n) is 7.13. The Hall–Kier alpha value is -1.46. The van der Waals surface area contributed by atoms with Crippen molar-refractivity contribution < 1.29 is 9.90 Å². The summed E-state index contributed by atoms with van der Waals surface area (Å²) in [6.45, 7) is 2.98. The van der Waals surface area contributed by atoms with E-state index in [4.69, 9.17) is 16.7 Å². The molecule has 0 radical (unpaired) electrons. The van der Waals surface area contributed by atoms with Gasteiger partial charge in [-0.25, -0.2) is 4.79 Å². The first-order valence-corrected chi connectivity index (χ1v) is 7.51. The third-order valence-electron chi connectivity index (χ3n) is 3.12.